The first-order chi connectivity index (χ1) is 12.6. The van der Waals surface area contributed by atoms with Gasteiger partial charge in [-0.05, 0) is 41.8 Å². The van der Waals surface area contributed by atoms with Crippen molar-refractivity contribution in [2.24, 2.45) is 0 Å². The summed E-state index contributed by atoms with van der Waals surface area (Å²) in [7, 11) is 1.76. The molecule has 2 N–H and O–H groups in total. The maximum absolute atomic E-state index is 12.4. The molecule has 2 aromatic carbocycles. The van der Waals surface area contributed by atoms with Gasteiger partial charge in [-0.15, -0.1) is 0 Å². The van der Waals surface area contributed by atoms with Crippen LogP contribution in [0.4, 0.5) is 5.82 Å². The van der Waals surface area contributed by atoms with Crippen LogP contribution in [0.15, 0.2) is 60.8 Å². The minimum atomic E-state index is -0.576. The summed E-state index contributed by atoms with van der Waals surface area (Å²) in [6, 6.07) is 17.0. The molecule has 0 bridgehead atoms. The molecule has 0 aliphatic rings. The summed E-state index contributed by atoms with van der Waals surface area (Å²) in [5.74, 6) is 0.299. The Balaban J connectivity index is 1.75. The lowest BCUT2D eigenvalue weighted by Crippen LogP contribution is -2.41. The van der Waals surface area contributed by atoms with Crippen LogP contribution >= 0.6 is 0 Å². The molecule has 5 nitrogen and oxygen atoms in total. The smallest absolute Gasteiger partial charge is 0.253 e. The van der Waals surface area contributed by atoms with E-state index in [4.69, 9.17) is 0 Å². The molecule has 0 saturated heterocycles. The lowest BCUT2D eigenvalue weighted by Gasteiger charge is -2.16. The Morgan fingerprint density at radius 1 is 1.04 bits per heavy atom. The van der Waals surface area contributed by atoms with E-state index in [2.05, 4.69) is 21.7 Å². The number of aromatic nitrogens is 1. The van der Waals surface area contributed by atoms with E-state index in [1.54, 1.807) is 19.2 Å². The highest BCUT2D eigenvalue weighted by molar-refractivity contribution is 5.97. The zero-order valence-electron chi connectivity index (χ0n) is 14.8. The number of fused-ring (bicyclic) bond motifs is 1. The number of nitrogens with zero attached hydrogens (tertiary/aromatic N) is 1. The second kappa shape index (κ2) is 7.78. The van der Waals surface area contributed by atoms with Gasteiger partial charge in [0.1, 0.15) is 5.82 Å². The van der Waals surface area contributed by atoms with E-state index >= 15 is 0 Å². The van der Waals surface area contributed by atoms with Crippen molar-refractivity contribution >= 4 is 28.3 Å². The van der Waals surface area contributed by atoms with Gasteiger partial charge in [-0.2, -0.15) is 0 Å². The highest BCUT2D eigenvalue weighted by Crippen LogP contribution is 2.17. The number of anilines is 1. The van der Waals surface area contributed by atoms with Crippen LogP contribution < -0.4 is 10.6 Å². The van der Waals surface area contributed by atoms with Crippen molar-refractivity contribution in [1.82, 2.24) is 10.3 Å². The van der Waals surface area contributed by atoms with Crippen LogP contribution in [0.3, 0.4) is 0 Å². The van der Waals surface area contributed by atoms with Crippen molar-refractivity contribution in [3.8, 4) is 0 Å². The topological polar surface area (TPSA) is 71.1 Å². The first kappa shape index (κ1) is 17.6. The fraction of sp³-hybridized carbons (Fsp3) is 0.190. The van der Waals surface area contributed by atoms with Crippen molar-refractivity contribution in [3.05, 3.63) is 71.9 Å². The van der Waals surface area contributed by atoms with Crippen LogP contribution in [-0.4, -0.2) is 29.8 Å². The number of Topliss-reactive ketones (excluding diaryl/α,β-unsaturated/α-hetero) is 1. The van der Waals surface area contributed by atoms with Gasteiger partial charge in [0.2, 0.25) is 0 Å². The largest absolute Gasteiger partial charge is 0.373 e. The maximum atomic E-state index is 12.4. The average Bonchev–Trinajstić information content (AvgIpc) is 2.67. The first-order valence-corrected chi connectivity index (χ1v) is 8.49. The third kappa shape index (κ3) is 4.06. The molecule has 132 valence electrons. The number of hydrogen-bond acceptors (Lipinski definition) is 4. The second-order valence-electron chi connectivity index (χ2n) is 6.20. The maximum Gasteiger partial charge on any atom is 0.253 e. The zero-order valence-corrected chi connectivity index (χ0v) is 14.8. The van der Waals surface area contributed by atoms with Gasteiger partial charge in [0.15, 0.2) is 5.78 Å². The Morgan fingerprint density at radius 3 is 2.46 bits per heavy atom. The molecule has 5 heteroatoms. The van der Waals surface area contributed by atoms with Crippen LogP contribution in [0.25, 0.3) is 10.8 Å². The molecule has 1 heterocycles. The minimum absolute atomic E-state index is 0.0775. The van der Waals surface area contributed by atoms with Gasteiger partial charge < -0.3 is 10.6 Å². The normalized spacial score (nSPS) is 11.8. The SMILES string of the molecule is CNc1ccc(C(=O)NC(Cc2ccc3ccccc3c2)C(C)=O)cn1. The van der Waals surface area contributed by atoms with Crippen LogP contribution in [-0.2, 0) is 11.2 Å². The summed E-state index contributed by atoms with van der Waals surface area (Å²) in [4.78, 5) is 28.6. The van der Waals surface area contributed by atoms with E-state index in [9.17, 15) is 9.59 Å². The number of rotatable bonds is 6. The highest BCUT2D eigenvalue weighted by atomic mass is 16.2. The van der Waals surface area contributed by atoms with Gasteiger partial charge in [-0.25, -0.2) is 4.98 Å². The van der Waals surface area contributed by atoms with Gasteiger partial charge in [0, 0.05) is 13.2 Å². The zero-order chi connectivity index (χ0) is 18.5. The first-order valence-electron chi connectivity index (χ1n) is 8.49. The van der Waals surface area contributed by atoms with Gasteiger partial charge in [0.05, 0.1) is 11.6 Å². The summed E-state index contributed by atoms with van der Waals surface area (Å²) in [5.41, 5.74) is 1.43. The number of benzene rings is 2. The van der Waals surface area contributed by atoms with Crippen molar-refractivity contribution in [1.29, 1.82) is 0 Å². The molecule has 26 heavy (non-hydrogen) atoms. The summed E-state index contributed by atoms with van der Waals surface area (Å²) < 4.78 is 0. The molecule has 0 aliphatic carbocycles. The molecule has 3 rings (SSSR count). The fourth-order valence-corrected chi connectivity index (χ4v) is 2.82. The molecular weight excluding hydrogens is 326 g/mol. The highest BCUT2D eigenvalue weighted by Gasteiger charge is 2.19. The summed E-state index contributed by atoms with van der Waals surface area (Å²) in [6.07, 6.45) is 1.95. The Hall–Kier alpha value is -3.21. The van der Waals surface area contributed by atoms with Gasteiger partial charge in [-0.1, -0.05) is 42.5 Å². The van der Waals surface area contributed by atoms with Gasteiger partial charge in [-0.3, -0.25) is 9.59 Å². The van der Waals surface area contributed by atoms with Gasteiger partial charge in [0.25, 0.3) is 5.91 Å². The molecule has 0 aliphatic heterocycles. The average molecular weight is 347 g/mol. The van der Waals surface area contributed by atoms with Crippen molar-refractivity contribution in [2.45, 2.75) is 19.4 Å². The van der Waals surface area contributed by atoms with Crippen molar-refractivity contribution in [3.63, 3.8) is 0 Å². The number of carbonyl (C=O) groups is 2. The summed E-state index contributed by atoms with van der Waals surface area (Å²) >= 11 is 0. The predicted molar refractivity (Wildman–Crippen MR) is 103 cm³/mol. The number of carbonyl (C=O) groups excluding carboxylic acids is 2. The van der Waals surface area contributed by atoms with E-state index < -0.39 is 6.04 Å². The summed E-state index contributed by atoms with van der Waals surface area (Å²) in [5, 5.41) is 7.98. The van der Waals surface area contributed by atoms with Crippen molar-refractivity contribution < 1.29 is 9.59 Å². The van der Waals surface area contributed by atoms with Crippen LogP contribution in [0.1, 0.15) is 22.8 Å². The molecular formula is C21H21N3O2. The molecule has 1 aromatic heterocycles. The number of nitrogens with one attached hydrogen (secondary N) is 2. The quantitative estimate of drug-likeness (QED) is 0.718. The molecule has 3 aromatic rings. The van der Waals surface area contributed by atoms with E-state index in [0.29, 0.717) is 17.8 Å². The van der Waals surface area contributed by atoms with Gasteiger partial charge >= 0.3 is 0 Å². The molecule has 0 saturated carbocycles. The lowest BCUT2D eigenvalue weighted by molar-refractivity contribution is -0.118. The molecule has 1 atom stereocenters. The van der Waals surface area contributed by atoms with E-state index in [1.807, 2.05) is 36.4 Å². The molecule has 1 unspecified atom stereocenters. The second-order valence-corrected chi connectivity index (χ2v) is 6.20. The van der Waals surface area contributed by atoms with Crippen molar-refractivity contribution in [2.75, 3.05) is 12.4 Å². The van der Waals surface area contributed by atoms with E-state index in [0.717, 1.165) is 16.3 Å². The van der Waals surface area contributed by atoms with Crippen LogP contribution in [0.2, 0.25) is 0 Å². The number of hydrogen-bond donors (Lipinski definition) is 2. The Bertz CT molecular complexity index is 935. The Kier molecular flexibility index (Phi) is 5.27. The minimum Gasteiger partial charge on any atom is -0.373 e. The third-order valence-corrected chi connectivity index (χ3v) is 4.33. The Labute approximate surface area is 152 Å². The summed E-state index contributed by atoms with van der Waals surface area (Å²) in [6.45, 7) is 1.49. The fourth-order valence-electron chi connectivity index (χ4n) is 2.82. The number of pyridine rings is 1. The van der Waals surface area contributed by atoms with Crippen LogP contribution in [0, 0.1) is 0 Å². The van der Waals surface area contributed by atoms with E-state index in [1.165, 1.54) is 13.1 Å². The molecule has 1 amide bonds. The molecule has 0 radical (unpaired) electrons. The monoisotopic (exact) mass is 347 g/mol. The number of ketones is 1. The lowest BCUT2D eigenvalue weighted by atomic mass is 9.99. The van der Waals surface area contributed by atoms with Crippen LogP contribution in [0.5, 0.6) is 0 Å². The Morgan fingerprint density at radius 2 is 1.81 bits per heavy atom. The molecule has 0 fully saturated rings. The third-order valence-electron chi connectivity index (χ3n) is 4.33. The standard InChI is InChI=1S/C21H21N3O2/c1-14(25)19(24-21(26)18-9-10-20(22-2)23-13-18)12-15-7-8-16-5-3-4-6-17(16)11-15/h3-11,13,19H,12H2,1-2H3,(H,22,23)(H,24,26). The van der Waals surface area contributed by atoms with E-state index in [-0.39, 0.29) is 11.7 Å². The number of amides is 1. The molecule has 0 spiro atoms. The predicted octanol–water partition coefficient (Wildman–Crippen LogP) is 3.21.